The molecule has 1 amide bonds. The van der Waals surface area contributed by atoms with E-state index in [4.69, 9.17) is 0 Å². The third kappa shape index (κ3) is 3.40. The first kappa shape index (κ1) is 13.6. The topological polar surface area (TPSA) is 46.9 Å². The zero-order chi connectivity index (χ0) is 14.5. The van der Waals surface area contributed by atoms with Gasteiger partial charge in [0.1, 0.15) is 5.82 Å². The van der Waals surface area contributed by atoms with Crippen molar-refractivity contribution >= 4 is 11.7 Å². The number of hydrogen-bond acceptors (Lipinski definition) is 2. The number of carbonyl (C=O) groups is 1. The van der Waals surface area contributed by atoms with E-state index in [0.717, 1.165) is 30.6 Å². The Bertz CT molecular complexity index is 630. The lowest BCUT2D eigenvalue weighted by molar-refractivity contribution is -0.120. The molecule has 1 heterocycles. The van der Waals surface area contributed by atoms with E-state index in [1.807, 2.05) is 28.9 Å². The van der Waals surface area contributed by atoms with Gasteiger partial charge in [0, 0.05) is 12.0 Å². The van der Waals surface area contributed by atoms with E-state index >= 15 is 0 Å². The second kappa shape index (κ2) is 6.39. The highest BCUT2D eigenvalue weighted by Crippen LogP contribution is 2.20. The number of aromatic nitrogens is 2. The van der Waals surface area contributed by atoms with Crippen LogP contribution >= 0.6 is 0 Å². The molecule has 0 spiro atoms. The molecule has 1 aliphatic rings. The molecule has 1 atom stereocenters. The van der Waals surface area contributed by atoms with Crippen LogP contribution in [0.2, 0.25) is 0 Å². The van der Waals surface area contributed by atoms with Gasteiger partial charge >= 0.3 is 0 Å². The SMILES string of the molecule is O=C(Nc1ccnn1Cc1ccccc1)[C@@H]1CC=CCC1. The van der Waals surface area contributed by atoms with Crippen molar-refractivity contribution in [2.45, 2.75) is 25.8 Å². The summed E-state index contributed by atoms with van der Waals surface area (Å²) in [5, 5.41) is 7.31. The Balaban J connectivity index is 1.68. The average molecular weight is 281 g/mol. The van der Waals surface area contributed by atoms with Crippen LogP contribution < -0.4 is 5.32 Å². The van der Waals surface area contributed by atoms with Crippen LogP contribution in [0, 0.1) is 5.92 Å². The van der Waals surface area contributed by atoms with Gasteiger partial charge in [0.15, 0.2) is 0 Å². The lowest BCUT2D eigenvalue weighted by atomic mass is 9.94. The Kier molecular flexibility index (Phi) is 4.15. The van der Waals surface area contributed by atoms with Gasteiger partial charge in [-0.05, 0) is 24.8 Å². The average Bonchev–Trinajstić information content (AvgIpc) is 2.96. The molecular formula is C17H19N3O. The smallest absolute Gasteiger partial charge is 0.228 e. The van der Waals surface area contributed by atoms with Crippen LogP contribution in [-0.2, 0) is 11.3 Å². The molecule has 3 rings (SSSR count). The molecule has 1 aromatic carbocycles. The van der Waals surface area contributed by atoms with E-state index in [-0.39, 0.29) is 11.8 Å². The van der Waals surface area contributed by atoms with Crippen molar-refractivity contribution in [2.24, 2.45) is 5.92 Å². The fraction of sp³-hybridized carbons (Fsp3) is 0.294. The van der Waals surface area contributed by atoms with E-state index in [1.165, 1.54) is 0 Å². The first-order valence-corrected chi connectivity index (χ1v) is 7.34. The number of hydrogen-bond donors (Lipinski definition) is 1. The van der Waals surface area contributed by atoms with Crippen LogP contribution in [0.5, 0.6) is 0 Å². The molecule has 4 nitrogen and oxygen atoms in total. The Hall–Kier alpha value is -2.36. The molecule has 0 saturated carbocycles. The van der Waals surface area contributed by atoms with E-state index in [1.54, 1.807) is 6.20 Å². The summed E-state index contributed by atoms with van der Waals surface area (Å²) in [5.74, 6) is 0.933. The predicted molar refractivity (Wildman–Crippen MR) is 82.9 cm³/mol. The number of rotatable bonds is 4. The molecule has 108 valence electrons. The summed E-state index contributed by atoms with van der Waals surface area (Å²) in [4.78, 5) is 12.3. The Labute approximate surface area is 124 Å². The van der Waals surface area contributed by atoms with Crippen molar-refractivity contribution in [3.8, 4) is 0 Å². The van der Waals surface area contributed by atoms with Gasteiger partial charge in [-0.15, -0.1) is 0 Å². The number of carbonyl (C=O) groups excluding carboxylic acids is 1. The highest BCUT2D eigenvalue weighted by molar-refractivity contribution is 5.91. The molecule has 0 unspecified atom stereocenters. The molecule has 2 aromatic rings. The van der Waals surface area contributed by atoms with E-state index < -0.39 is 0 Å². The maximum absolute atomic E-state index is 12.3. The minimum Gasteiger partial charge on any atom is -0.311 e. The lowest BCUT2D eigenvalue weighted by Gasteiger charge is -2.17. The van der Waals surface area contributed by atoms with E-state index in [2.05, 4.69) is 34.7 Å². The van der Waals surface area contributed by atoms with Gasteiger partial charge in [-0.3, -0.25) is 4.79 Å². The largest absolute Gasteiger partial charge is 0.311 e. The molecule has 21 heavy (non-hydrogen) atoms. The Morgan fingerprint density at radius 1 is 1.24 bits per heavy atom. The van der Waals surface area contributed by atoms with Gasteiger partial charge in [0.05, 0.1) is 12.7 Å². The molecular weight excluding hydrogens is 262 g/mol. The zero-order valence-corrected chi connectivity index (χ0v) is 11.9. The molecule has 0 aliphatic heterocycles. The standard InChI is InChI=1S/C17H19N3O/c21-17(15-9-5-2-6-10-15)19-16-11-12-18-20(16)13-14-7-3-1-4-8-14/h1-5,7-8,11-12,15H,6,9-10,13H2,(H,19,21)/t15-/m1/s1. The second-order valence-electron chi connectivity index (χ2n) is 5.33. The summed E-state index contributed by atoms with van der Waals surface area (Å²) in [5.41, 5.74) is 1.16. The van der Waals surface area contributed by atoms with Crippen molar-refractivity contribution < 1.29 is 4.79 Å². The van der Waals surface area contributed by atoms with Gasteiger partial charge in [0.2, 0.25) is 5.91 Å². The van der Waals surface area contributed by atoms with Crippen LogP contribution in [0.25, 0.3) is 0 Å². The summed E-state index contributed by atoms with van der Waals surface area (Å²) < 4.78 is 1.83. The molecule has 0 saturated heterocycles. The summed E-state index contributed by atoms with van der Waals surface area (Å²) in [6.07, 6.45) is 8.70. The van der Waals surface area contributed by atoms with Gasteiger partial charge < -0.3 is 5.32 Å². The third-order valence-electron chi connectivity index (χ3n) is 3.78. The van der Waals surface area contributed by atoms with Crippen molar-refractivity contribution in [2.75, 3.05) is 5.32 Å². The zero-order valence-electron chi connectivity index (χ0n) is 11.9. The Morgan fingerprint density at radius 3 is 2.86 bits per heavy atom. The van der Waals surface area contributed by atoms with Crippen molar-refractivity contribution in [3.05, 3.63) is 60.3 Å². The number of nitrogens with zero attached hydrogens (tertiary/aromatic N) is 2. The normalized spacial score (nSPS) is 17.6. The lowest BCUT2D eigenvalue weighted by Crippen LogP contribution is -2.25. The molecule has 1 N–H and O–H groups in total. The molecule has 0 radical (unpaired) electrons. The van der Waals surface area contributed by atoms with Crippen LogP contribution in [0.1, 0.15) is 24.8 Å². The number of nitrogens with one attached hydrogen (secondary N) is 1. The fourth-order valence-electron chi connectivity index (χ4n) is 2.58. The summed E-state index contributed by atoms with van der Waals surface area (Å²) in [6.45, 7) is 0.661. The van der Waals surface area contributed by atoms with Crippen LogP contribution in [0.15, 0.2) is 54.7 Å². The third-order valence-corrected chi connectivity index (χ3v) is 3.78. The van der Waals surface area contributed by atoms with Gasteiger partial charge in [-0.25, -0.2) is 4.68 Å². The van der Waals surface area contributed by atoms with Gasteiger partial charge in [-0.1, -0.05) is 42.5 Å². The van der Waals surface area contributed by atoms with Crippen molar-refractivity contribution in [1.29, 1.82) is 0 Å². The maximum Gasteiger partial charge on any atom is 0.228 e. The highest BCUT2D eigenvalue weighted by Gasteiger charge is 2.19. The maximum atomic E-state index is 12.3. The number of anilines is 1. The van der Waals surface area contributed by atoms with Crippen molar-refractivity contribution in [3.63, 3.8) is 0 Å². The van der Waals surface area contributed by atoms with Gasteiger partial charge in [-0.2, -0.15) is 5.10 Å². The highest BCUT2D eigenvalue weighted by atomic mass is 16.2. The summed E-state index contributed by atoms with van der Waals surface area (Å²) in [6, 6.07) is 12.0. The molecule has 1 aliphatic carbocycles. The summed E-state index contributed by atoms with van der Waals surface area (Å²) in [7, 11) is 0. The molecule has 0 bridgehead atoms. The number of amides is 1. The van der Waals surface area contributed by atoms with Crippen LogP contribution in [0.3, 0.4) is 0 Å². The van der Waals surface area contributed by atoms with E-state index in [0.29, 0.717) is 6.54 Å². The summed E-state index contributed by atoms with van der Waals surface area (Å²) >= 11 is 0. The predicted octanol–water partition coefficient (Wildman–Crippen LogP) is 3.23. The van der Waals surface area contributed by atoms with Crippen LogP contribution in [-0.4, -0.2) is 15.7 Å². The molecule has 0 fully saturated rings. The number of allylic oxidation sites excluding steroid dienone is 2. The minimum atomic E-state index is 0.0788. The fourth-order valence-corrected chi connectivity index (χ4v) is 2.58. The Morgan fingerprint density at radius 2 is 2.10 bits per heavy atom. The molecule has 1 aromatic heterocycles. The second-order valence-corrected chi connectivity index (χ2v) is 5.33. The van der Waals surface area contributed by atoms with E-state index in [9.17, 15) is 4.79 Å². The monoisotopic (exact) mass is 281 g/mol. The quantitative estimate of drug-likeness (QED) is 0.875. The first-order valence-electron chi connectivity index (χ1n) is 7.34. The van der Waals surface area contributed by atoms with Crippen molar-refractivity contribution in [1.82, 2.24) is 9.78 Å². The molecule has 4 heteroatoms. The van der Waals surface area contributed by atoms with Gasteiger partial charge in [0.25, 0.3) is 0 Å². The number of benzene rings is 1. The van der Waals surface area contributed by atoms with Crippen LogP contribution in [0.4, 0.5) is 5.82 Å². The minimum absolute atomic E-state index is 0.0788. The first-order chi connectivity index (χ1) is 10.3.